The monoisotopic (exact) mass is 408 g/mol. The molecule has 2 heterocycles. The van der Waals surface area contributed by atoms with Gasteiger partial charge >= 0.3 is 0 Å². The van der Waals surface area contributed by atoms with E-state index < -0.39 is 0 Å². The van der Waals surface area contributed by atoms with E-state index in [2.05, 4.69) is 46.0 Å². The summed E-state index contributed by atoms with van der Waals surface area (Å²) in [5.74, 6) is 1.32. The summed E-state index contributed by atoms with van der Waals surface area (Å²) in [5.41, 5.74) is 3.36. The number of hydrogen-bond donors (Lipinski definition) is 0. The number of carbonyl (C=O) groups is 1. The summed E-state index contributed by atoms with van der Waals surface area (Å²) in [6.45, 7) is 4.61. The van der Waals surface area contributed by atoms with Gasteiger partial charge in [0.05, 0.1) is 24.7 Å². The number of aryl methyl sites for hydroxylation is 1. The molecule has 0 bridgehead atoms. The van der Waals surface area contributed by atoms with Crippen molar-refractivity contribution in [1.29, 1.82) is 0 Å². The van der Waals surface area contributed by atoms with Crippen molar-refractivity contribution in [2.45, 2.75) is 18.5 Å². The van der Waals surface area contributed by atoms with Crippen molar-refractivity contribution in [3.63, 3.8) is 0 Å². The molecule has 3 aromatic rings. The summed E-state index contributed by atoms with van der Waals surface area (Å²) in [6, 6.07) is 18.4. The van der Waals surface area contributed by atoms with Crippen LogP contribution in [-0.2, 0) is 16.0 Å². The molecule has 0 aliphatic carbocycles. The molecule has 0 N–H and O–H groups in total. The van der Waals surface area contributed by atoms with Crippen molar-refractivity contribution in [3.05, 3.63) is 71.5 Å². The molecular weight excluding hydrogens is 384 g/mol. The van der Waals surface area contributed by atoms with E-state index in [9.17, 15) is 4.79 Å². The highest BCUT2D eigenvalue weighted by Crippen LogP contribution is 2.25. The lowest BCUT2D eigenvalue weighted by atomic mass is 10.1. The molecule has 6 nitrogen and oxygen atoms in total. The number of carbonyl (C=O) groups excluding carboxylic acids is 1. The molecule has 2 aromatic carbocycles. The molecule has 0 radical (unpaired) electrons. The van der Waals surface area contributed by atoms with Crippen LogP contribution in [0.5, 0.6) is 0 Å². The number of thioether (sulfide) groups is 1. The molecule has 150 valence electrons. The Morgan fingerprint density at radius 2 is 1.76 bits per heavy atom. The maximum atomic E-state index is 12.6. The van der Waals surface area contributed by atoms with Crippen LogP contribution >= 0.6 is 11.8 Å². The predicted octanol–water partition coefficient (Wildman–Crippen LogP) is 3.12. The Hall–Kier alpha value is -2.64. The number of nitrogens with zero attached hydrogens (tertiary/aromatic N) is 4. The fourth-order valence-corrected chi connectivity index (χ4v) is 4.24. The molecule has 1 aliphatic heterocycles. The molecule has 1 aliphatic rings. The molecule has 4 rings (SSSR count). The van der Waals surface area contributed by atoms with Gasteiger partial charge in [0.15, 0.2) is 5.16 Å². The van der Waals surface area contributed by atoms with Gasteiger partial charge in [0, 0.05) is 19.5 Å². The molecule has 7 heteroatoms. The third-order valence-electron chi connectivity index (χ3n) is 4.95. The van der Waals surface area contributed by atoms with Gasteiger partial charge in [-0.15, -0.1) is 10.2 Å². The van der Waals surface area contributed by atoms with Gasteiger partial charge in [-0.1, -0.05) is 60.3 Å². The van der Waals surface area contributed by atoms with Crippen molar-refractivity contribution < 1.29 is 9.53 Å². The number of amides is 1. The Morgan fingerprint density at radius 1 is 1.03 bits per heavy atom. The number of ether oxygens (including phenoxy) is 1. The summed E-state index contributed by atoms with van der Waals surface area (Å²) in [5, 5.41) is 9.64. The van der Waals surface area contributed by atoms with Gasteiger partial charge in [0.1, 0.15) is 5.82 Å². The van der Waals surface area contributed by atoms with E-state index in [4.69, 9.17) is 4.74 Å². The standard InChI is InChI=1S/C22H24N4O2S/c1-17-7-5-6-10-19(17)26-20(15-18-8-3-2-4-9-18)23-24-22(26)29-16-21(27)25-11-13-28-14-12-25/h2-10H,11-16H2,1H3. The molecule has 0 saturated carbocycles. The lowest BCUT2D eigenvalue weighted by Crippen LogP contribution is -2.41. The molecule has 29 heavy (non-hydrogen) atoms. The first-order valence-corrected chi connectivity index (χ1v) is 10.7. The highest BCUT2D eigenvalue weighted by Gasteiger charge is 2.20. The van der Waals surface area contributed by atoms with Crippen molar-refractivity contribution in [2.75, 3.05) is 32.1 Å². The normalized spacial score (nSPS) is 14.2. The van der Waals surface area contributed by atoms with Gasteiger partial charge in [-0.25, -0.2) is 0 Å². The Morgan fingerprint density at radius 3 is 2.52 bits per heavy atom. The first-order chi connectivity index (χ1) is 14.2. The van der Waals surface area contributed by atoms with Crippen LogP contribution in [0.4, 0.5) is 0 Å². The predicted molar refractivity (Wildman–Crippen MR) is 113 cm³/mol. The fourth-order valence-electron chi connectivity index (χ4n) is 3.37. The van der Waals surface area contributed by atoms with E-state index in [1.807, 2.05) is 35.2 Å². The van der Waals surface area contributed by atoms with Crippen molar-refractivity contribution >= 4 is 17.7 Å². The Kier molecular flexibility index (Phi) is 6.27. The first-order valence-electron chi connectivity index (χ1n) is 9.75. The van der Waals surface area contributed by atoms with Crippen LogP contribution in [0.3, 0.4) is 0 Å². The second-order valence-corrected chi connectivity index (χ2v) is 7.91. The maximum absolute atomic E-state index is 12.6. The van der Waals surface area contributed by atoms with Crippen LogP contribution in [0.2, 0.25) is 0 Å². The quantitative estimate of drug-likeness (QED) is 0.587. The number of morpholine rings is 1. The van der Waals surface area contributed by atoms with Crippen molar-refractivity contribution in [2.24, 2.45) is 0 Å². The minimum absolute atomic E-state index is 0.113. The van der Waals surface area contributed by atoms with Gasteiger partial charge in [0.25, 0.3) is 0 Å². The van der Waals surface area contributed by atoms with E-state index in [0.717, 1.165) is 22.2 Å². The van der Waals surface area contributed by atoms with Gasteiger partial charge in [-0.2, -0.15) is 0 Å². The zero-order valence-corrected chi connectivity index (χ0v) is 17.3. The second kappa shape index (κ2) is 9.24. The molecule has 0 unspecified atom stereocenters. The topological polar surface area (TPSA) is 60.2 Å². The number of para-hydroxylation sites is 1. The fraction of sp³-hybridized carbons (Fsp3) is 0.318. The summed E-state index contributed by atoms with van der Waals surface area (Å²) in [6.07, 6.45) is 0.681. The largest absolute Gasteiger partial charge is 0.378 e. The van der Waals surface area contributed by atoms with Crippen LogP contribution in [-0.4, -0.2) is 57.6 Å². The van der Waals surface area contributed by atoms with Crippen LogP contribution in [0.25, 0.3) is 5.69 Å². The average molecular weight is 409 g/mol. The van der Waals surface area contributed by atoms with E-state index in [1.54, 1.807) is 0 Å². The van der Waals surface area contributed by atoms with E-state index in [0.29, 0.717) is 38.5 Å². The number of benzene rings is 2. The zero-order chi connectivity index (χ0) is 20.1. The number of hydrogen-bond acceptors (Lipinski definition) is 5. The minimum atomic E-state index is 0.113. The summed E-state index contributed by atoms with van der Waals surface area (Å²) in [7, 11) is 0. The Balaban J connectivity index is 1.59. The average Bonchev–Trinajstić information content (AvgIpc) is 3.16. The van der Waals surface area contributed by atoms with E-state index in [1.165, 1.54) is 17.3 Å². The molecule has 0 spiro atoms. The van der Waals surface area contributed by atoms with Gasteiger partial charge < -0.3 is 9.64 Å². The molecule has 1 amide bonds. The second-order valence-electron chi connectivity index (χ2n) is 6.96. The lowest BCUT2D eigenvalue weighted by Gasteiger charge is -2.26. The maximum Gasteiger partial charge on any atom is 0.233 e. The Labute approximate surface area is 174 Å². The number of aromatic nitrogens is 3. The van der Waals surface area contributed by atoms with Gasteiger partial charge in [-0.05, 0) is 24.1 Å². The van der Waals surface area contributed by atoms with Crippen LogP contribution < -0.4 is 0 Å². The van der Waals surface area contributed by atoms with Crippen molar-refractivity contribution in [1.82, 2.24) is 19.7 Å². The molecule has 1 aromatic heterocycles. The third-order valence-corrected chi connectivity index (χ3v) is 5.86. The summed E-state index contributed by atoms with van der Waals surface area (Å²) >= 11 is 1.44. The zero-order valence-electron chi connectivity index (χ0n) is 16.5. The van der Waals surface area contributed by atoms with Crippen LogP contribution in [0, 0.1) is 6.92 Å². The highest BCUT2D eigenvalue weighted by molar-refractivity contribution is 7.99. The molecule has 1 fully saturated rings. The first kappa shape index (κ1) is 19.7. The smallest absolute Gasteiger partial charge is 0.233 e. The van der Waals surface area contributed by atoms with Crippen LogP contribution in [0.1, 0.15) is 17.0 Å². The van der Waals surface area contributed by atoms with E-state index >= 15 is 0 Å². The van der Waals surface area contributed by atoms with Crippen LogP contribution in [0.15, 0.2) is 59.8 Å². The molecule has 0 atom stereocenters. The Bertz CT molecular complexity index is 968. The van der Waals surface area contributed by atoms with Crippen molar-refractivity contribution in [3.8, 4) is 5.69 Å². The third kappa shape index (κ3) is 4.68. The minimum Gasteiger partial charge on any atom is -0.378 e. The number of rotatable bonds is 6. The lowest BCUT2D eigenvalue weighted by molar-refractivity contribution is -0.132. The summed E-state index contributed by atoms with van der Waals surface area (Å²) in [4.78, 5) is 14.4. The van der Waals surface area contributed by atoms with E-state index in [-0.39, 0.29) is 5.91 Å². The van der Waals surface area contributed by atoms with Gasteiger partial charge in [0.2, 0.25) is 5.91 Å². The molecular formula is C22H24N4O2S. The highest BCUT2D eigenvalue weighted by atomic mass is 32.2. The van der Waals surface area contributed by atoms with Gasteiger partial charge in [-0.3, -0.25) is 9.36 Å². The SMILES string of the molecule is Cc1ccccc1-n1c(Cc2ccccc2)nnc1SCC(=O)N1CCOCC1. The summed E-state index contributed by atoms with van der Waals surface area (Å²) < 4.78 is 7.42. The molecule has 1 saturated heterocycles.